The van der Waals surface area contributed by atoms with E-state index >= 15 is 0 Å². The summed E-state index contributed by atoms with van der Waals surface area (Å²) in [5.74, 6) is -0.964. The highest BCUT2D eigenvalue weighted by atomic mass is 35.5. The summed E-state index contributed by atoms with van der Waals surface area (Å²) in [4.78, 5) is 38.1. The van der Waals surface area contributed by atoms with Gasteiger partial charge in [-0.15, -0.1) is 0 Å². The molecule has 0 aliphatic carbocycles. The van der Waals surface area contributed by atoms with Gasteiger partial charge in [0.05, 0.1) is 0 Å². The molecule has 1 heterocycles. The number of hydrazine groups is 1. The first kappa shape index (κ1) is 18.9. The minimum absolute atomic E-state index is 0.00159. The zero-order chi connectivity index (χ0) is 19.2. The summed E-state index contributed by atoms with van der Waals surface area (Å²) in [6.45, 7) is 0.658. The predicted octanol–water partition coefficient (Wildman–Crippen LogP) is 2.86. The molecular formula is C20H20ClN3O3. The lowest BCUT2D eigenvalue weighted by atomic mass is 10.0. The number of para-hydroxylation sites is 1. The number of nitrogens with one attached hydrogen (secondary N) is 2. The van der Waals surface area contributed by atoms with Crippen LogP contribution in [0.15, 0.2) is 48.5 Å². The van der Waals surface area contributed by atoms with Crippen LogP contribution in [-0.2, 0) is 16.0 Å². The first-order valence-corrected chi connectivity index (χ1v) is 9.15. The SMILES string of the molecule is O=C(CCC(=O)N1CCCc2ccccc21)NNC(=O)c1ccc(Cl)cc1. The van der Waals surface area contributed by atoms with Crippen LogP contribution in [0, 0.1) is 0 Å². The van der Waals surface area contributed by atoms with Crippen molar-refractivity contribution >= 4 is 35.0 Å². The maximum Gasteiger partial charge on any atom is 0.269 e. The van der Waals surface area contributed by atoms with Gasteiger partial charge >= 0.3 is 0 Å². The number of anilines is 1. The van der Waals surface area contributed by atoms with Crippen molar-refractivity contribution in [2.75, 3.05) is 11.4 Å². The Morgan fingerprint density at radius 1 is 0.963 bits per heavy atom. The van der Waals surface area contributed by atoms with Gasteiger partial charge in [-0.1, -0.05) is 29.8 Å². The van der Waals surface area contributed by atoms with Crippen LogP contribution in [0.25, 0.3) is 0 Å². The second kappa shape index (κ2) is 8.68. The highest BCUT2D eigenvalue weighted by molar-refractivity contribution is 6.30. The number of rotatable bonds is 4. The molecule has 6 nitrogen and oxygen atoms in total. The molecule has 0 fully saturated rings. The summed E-state index contributed by atoms with van der Waals surface area (Å²) in [6.07, 6.45) is 1.94. The number of hydrogen-bond donors (Lipinski definition) is 2. The molecule has 0 unspecified atom stereocenters. The molecule has 27 heavy (non-hydrogen) atoms. The monoisotopic (exact) mass is 385 g/mol. The third kappa shape index (κ3) is 4.86. The summed E-state index contributed by atoms with van der Waals surface area (Å²) in [5, 5.41) is 0.522. The average molecular weight is 386 g/mol. The number of amides is 3. The second-order valence-corrected chi connectivity index (χ2v) is 6.72. The van der Waals surface area contributed by atoms with Gasteiger partial charge in [-0.05, 0) is 48.7 Å². The summed E-state index contributed by atoms with van der Waals surface area (Å²) in [5.41, 5.74) is 7.11. The van der Waals surface area contributed by atoms with Gasteiger partial charge in [0.1, 0.15) is 0 Å². The van der Waals surface area contributed by atoms with Crippen LogP contribution in [-0.4, -0.2) is 24.3 Å². The Kier molecular flexibility index (Phi) is 6.08. The molecule has 3 amide bonds. The fourth-order valence-electron chi connectivity index (χ4n) is 3.01. The topological polar surface area (TPSA) is 78.5 Å². The first-order valence-electron chi connectivity index (χ1n) is 8.77. The van der Waals surface area contributed by atoms with E-state index in [1.807, 2.05) is 24.3 Å². The number of carbonyl (C=O) groups excluding carboxylic acids is 3. The molecule has 0 saturated heterocycles. The van der Waals surface area contributed by atoms with Gasteiger partial charge in [0.15, 0.2) is 0 Å². The van der Waals surface area contributed by atoms with Crippen molar-refractivity contribution in [3.63, 3.8) is 0 Å². The van der Waals surface area contributed by atoms with Crippen LogP contribution < -0.4 is 15.8 Å². The van der Waals surface area contributed by atoms with Crippen LogP contribution in [0.3, 0.4) is 0 Å². The molecule has 3 rings (SSSR count). The van der Waals surface area contributed by atoms with Crippen LogP contribution in [0.5, 0.6) is 0 Å². The highest BCUT2D eigenvalue weighted by Gasteiger charge is 2.22. The van der Waals surface area contributed by atoms with Gasteiger partial charge in [0.2, 0.25) is 11.8 Å². The van der Waals surface area contributed by atoms with E-state index in [4.69, 9.17) is 11.6 Å². The number of nitrogens with zero attached hydrogens (tertiary/aromatic N) is 1. The number of carbonyl (C=O) groups is 3. The molecule has 140 valence electrons. The number of benzene rings is 2. The molecule has 2 aromatic rings. The van der Waals surface area contributed by atoms with E-state index in [9.17, 15) is 14.4 Å². The van der Waals surface area contributed by atoms with Gasteiger partial charge in [-0.25, -0.2) is 0 Å². The van der Waals surface area contributed by atoms with E-state index in [1.165, 1.54) is 0 Å². The number of hydrogen-bond acceptors (Lipinski definition) is 3. The average Bonchev–Trinajstić information content (AvgIpc) is 2.70. The van der Waals surface area contributed by atoms with E-state index < -0.39 is 11.8 Å². The second-order valence-electron chi connectivity index (χ2n) is 6.29. The molecular weight excluding hydrogens is 366 g/mol. The zero-order valence-corrected chi connectivity index (χ0v) is 15.5. The number of aryl methyl sites for hydroxylation is 1. The highest BCUT2D eigenvalue weighted by Crippen LogP contribution is 2.27. The maximum absolute atomic E-state index is 12.5. The Balaban J connectivity index is 1.47. The molecule has 0 spiro atoms. The normalized spacial score (nSPS) is 12.9. The Labute approximate surface area is 162 Å². The lowest BCUT2D eigenvalue weighted by Gasteiger charge is -2.29. The molecule has 7 heteroatoms. The van der Waals surface area contributed by atoms with Crippen molar-refractivity contribution in [2.45, 2.75) is 25.7 Å². The van der Waals surface area contributed by atoms with Crippen LogP contribution in [0.1, 0.15) is 35.2 Å². The minimum Gasteiger partial charge on any atom is -0.312 e. The van der Waals surface area contributed by atoms with Crippen molar-refractivity contribution < 1.29 is 14.4 Å². The van der Waals surface area contributed by atoms with E-state index in [1.54, 1.807) is 29.2 Å². The lowest BCUT2D eigenvalue weighted by Crippen LogP contribution is -2.42. The van der Waals surface area contributed by atoms with Crippen molar-refractivity contribution in [1.82, 2.24) is 10.9 Å². The Morgan fingerprint density at radius 3 is 2.48 bits per heavy atom. The Morgan fingerprint density at radius 2 is 1.70 bits per heavy atom. The first-order chi connectivity index (χ1) is 13.0. The van der Waals surface area contributed by atoms with Gasteiger partial charge < -0.3 is 4.90 Å². The number of halogens is 1. The summed E-state index contributed by atoms with van der Waals surface area (Å²) >= 11 is 5.77. The molecule has 2 N–H and O–H groups in total. The molecule has 0 radical (unpaired) electrons. The van der Waals surface area contributed by atoms with Gasteiger partial charge in [0.25, 0.3) is 5.91 Å². The van der Waals surface area contributed by atoms with Crippen molar-refractivity contribution in [1.29, 1.82) is 0 Å². The predicted molar refractivity (Wildman–Crippen MR) is 103 cm³/mol. The van der Waals surface area contributed by atoms with Crippen molar-refractivity contribution in [3.8, 4) is 0 Å². The molecule has 1 aliphatic rings. The Bertz CT molecular complexity index is 852. The van der Waals surface area contributed by atoms with E-state index in [2.05, 4.69) is 10.9 Å². The summed E-state index contributed by atoms with van der Waals surface area (Å²) < 4.78 is 0. The molecule has 0 aromatic heterocycles. The number of fused-ring (bicyclic) bond motifs is 1. The quantitative estimate of drug-likeness (QED) is 0.794. The largest absolute Gasteiger partial charge is 0.312 e. The molecule has 0 bridgehead atoms. The standard InChI is InChI=1S/C20H20ClN3O3/c21-16-9-7-15(8-10-16)20(27)23-22-18(25)11-12-19(26)24-13-3-5-14-4-1-2-6-17(14)24/h1-2,4,6-10H,3,5,11-13H2,(H,22,25)(H,23,27). The third-order valence-corrected chi connectivity index (χ3v) is 4.65. The Hall–Kier alpha value is -2.86. The van der Waals surface area contributed by atoms with E-state index in [0.717, 1.165) is 24.1 Å². The zero-order valence-electron chi connectivity index (χ0n) is 14.7. The van der Waals surface area contributed by atoms with Gasteiger partial charge in [-0.2, -0.15) is 0 Å². The van der Waals surface area contributed by atoms with E-state index in [0.29, 0.717) is 17.1 Å². The maximum atomic E-state index is 12.5. The van der Waals surface area contributed by atoms with Crippen LogP contribution in [0.2, 0.25) is 5.02 Å². The fraction of sp³-hybridized carbons (Fsp3) is 0.250. The van der Waals surface area contributed by atoms with Crippen LogP contribution >= 0.6 is 11.6 Å². The van der Waals surface area contributed by atoms with Gasteiger partial charge in [0, 0.05) is 35.7 Å². The minimum atomic E-state index is -0.448. The molecule has 0 saturated carbocycles. The molecule has 2 aromatic carbocycles. The van der Waals surface area contributed by atoms with Crippen molar-refractivity contribution in [3.05, 3.63) is 64.7 Å². The third-order valence-electron chi connectivity index (χ3n) is 4.40. The summed E-state index contributed by atoms with van der Waals surface area (Å²) in [6, 6.07) is 14.1. The summed E-state index contributed by atoms with van der Waals surface area (Å²) in [7, 11) is 0. The van der Waals surface area contributed by atoms with Crippen LogP contribution in [0.4, 0.5) is 5.69 Å². The smallest absolute Gasteiger partial charge is 0.269 e. The lowest BCUT2D eigenvalue weighted by molar-refractivity contribution is -0.125. The van der Waals surface area contributed by atoms with E-state index in [-0.39, 0.29) is 18.7 Å². The van der Waals surface area contributed by atoms with Crippen molar-refractivity contribution in [2.24, 2.45) is 0 Å². The molecule has 1 aliphatic heterocycles. The molecule has 0 atom stereocenters. The fourth-order valence-corrected chi connectivity index (χ4v) is 3.14. The van der Waals surface area contributed by atoms with Gasteiger partial charge in [-0.3, -0.25) is 25.2 Å².